The molecular weight excluding hydrogens is 276 g/mol. The molecule has 1 rings (SSSR count). The lowest BCUT2D eigenvalue weighted by Gasteiger charge is -2.24. The third-order valence-corrected chi connectivity index (χ3v) is 4.38. The number of hydrogen-bond donors (Lipinski definition) is 1. The van der Waals surface area contributed by atoms with Crippen molar-refractivity contribution < 1.29 is 4.74 Å². The van der Waals surface area contributed by atoms with E-state index >= 15 is 0 Å². The minimum Gasteiger partial charge on any atom is -0.379 e. The van der Waals surface area contributed by atoms with E-state index in [9.17, 15) is 0 Å². The molecule has 1 aliphatic carbocycles. The minimum atomic E-state index is 0.617. The summed E-state index contributed by atoms with van der Waals surface area (Å²) in [4.78, 5) is 9.26. The molecule has 0 aromatic heterocycles. The average Bonchev–Trinajstić information content (AvgIpc) is 3.33. The normalized spacial score (nSPS) is 16.9. The second kappa shape index (κ2) is 10.8. The van der Waals surface area contributed by atoms with E-state index in [2.05, 4.69) is 50.0 Å². The Balaban J connectivity index is 2.28. The number of ether oxygens (including phenoxy) is 1. The topological polar surface area (TPSA) is 40.1 Å². The molecule has 0 aliphatic heterocycles. The van der Waals surface area contributed by atoms with Crippen LogP contribution in [0.5, 0.6) is 0 Å². The first-order chi connectivity index (χ1) is 10.6. The number of nitrogens with zero attached hydrogens (tertiary/aromatic N) is 3. The van der Waals surface area contributed by atoms with Gasteiger partial charge in [0.2, 0.25) is 0 Å². The fourth-order valence-corrected chi connectivity index (χ4v) is 2.16. The second-order valence-corrected chi connectivity index (χ2v) is 6.41. The number of guanidine groups is 1. The molecule has 5 nitrogen and oxygen atoms in total. The van der Waals surface area contributed by atoms with Crippen LogP contribution >= 0.6 is 0 Å². The molecule has 5 heteroatoms. The Morgan fingerprint density at radius 3 is 2.59 bits per heavy atom. The van der Waals surface area contributed by atoms with Crippen LogP contribution in [0, 0.1) is 5.92 Å². The van der Waals surface area contributed by atoms with Crippen LogP contribution in [0.1, 0.15) is 40.0 Å². The third kappa shape index (κ3) is 7.99. The first-order valence-corrected chi connectivity index (χ1v) is 8.85. The number of aliphatic imine (C=N–C) groups is 1. The summed E-state index contributed by atoms with van der Waals surface area (Å²) in [5.74, 6) is 1.82. The SMILES string of the molecule is CCNC(=NCCN(C)C(C)CC)N(C)CCOCC1CC1. The molecule has 1 unspecified atom stereocenters. The monoisotopic (exact) mass is 312 g/mol. The van der Waals surface area contributed by atoms with Gasteiger partial charge in [-0.25, -0.2) is 0 Å². The van der Waals surface area contributed by atoms with Gasteiger partial charge < -0.3 is 19.9 Å². The number of hydrogen-bond acceptors (Lipinski definition) is 3. The molecule has 1 N–H and O–H groups in total. The van der Waals surface area contributed by atoms with Gasteiger partial charge in [0.1, 0.15) is 0 Å². The fourth-order valence-electron chi connectivity index (χ4n) is 2.16. The first kappa shape index (κ1) is 19.2. The summed E-state index contributed by atoms with van der Waals surface area (Å²) in [5, 5.41) is 3.36. The van der Waals surface area contributed by atoms with Crippen LogP contribution in [0.3, 0.4) is 0 Å². The maximum Gasteiger partial charge on any atom is 0.193 e. The van der Waals surface area contributed by atoms with Gasteiger partial charge in [0.15, 0.2) is 5.96 Å². The summed E-state index contributed by atoms with van der Waals surface area (Å²) in [5.41, 5.74) is 0. The molecule has 0 heterocycles. The zero-order chi connectivity index (χ0) is 16.4. The molecule has 1 aliphatic rings. The van der Waals surface area contributed by atoms with E-state index in [4.69, 9.17) is 9.73 Å². The van der Waals surface area contributed by atoms with E-state index in [1.54, 1.807) is 0 Å². The molecule has 1 atom stereocenters. The fraction of sp³-hybridized carbons (Fsp3) is 0.941. The van der Waals surface area contributed by atoms with Gasteiger partial charge in [-0.05, 0) is 46.1 Å². The van der Waals surface area contributed by atoms with Crippen molar-refractivity contribution in [1.82, 2.24) is 15.1 Å². The van der Waals surface area contributed by atoms with Crippen LogP contribution in [0.4, 0.5) is 0 Å². The van der Waals surface area contributed by atoms with Crippen molar-refractivity contribution >= 4 is 5.96 Å². The van der Waals surface area contributed by atoms with Crippen molar-refractivity contribution in [1.29, 1.82) is 0 Å². The van der Waals surface area contributed by atoms with Gasteiger partial charge in [0.05, 0.1) is 13.2 Å². The Bertz CT molecular complexity index is 318. The van der Waals surface area contributed by atoms with Crippen LogP contribution in [-0.2, 0) is 4.74 Å². The quantitative estimate of drug-likeness (QED) is 0.360. The smallest absolute Gasteiger partial charge is 0.193 e. The summed E-state index contributed by atoms with van der Waals surface area (Å²) < 4.78 is 5.71. The van der Waals surface area contributed by atoms with Crippen LogP contribution in [0.15, 0.2) is 4.99 Å². The van der Waals surface area contributed by atoms with Crippen molar-refractivity contribution in [3.63, 3.8) is 0 Å². The average molecular weight is 313 g/mol. The van der Waals surface area contributed by atoms with E-state index in [0.29, 0.717) is 6.04 Å². The first-order valence-electron chi connectivity index (χ1n) is 8.85. The van der Waals surface area contributed by atoms with Gasteiger partial charge in [0, 0.05) is 39.3 Å². The highest BCUT2D eigenvalue weighted by atomic mass is 16.5. The highest BCUT2D eigenvalue weighted by Crippen LogP contribution is 2.28. The standard InChI is InChI=1S/C17H36N4O/c1-6-15(3)20(4)11-10-19-17(18-7-2)21(5)12-13-22-14-16-8-9-16/h15-16H,6-14H2,1-5H3,(H,18,19). The molecule has 22 heavy (non-hydrogen) atoms. The molecule has 0 saturated heterocycles. The van der Waals surface area contributed by atoms with Gasteiger partial charge in [-0.15, -0.1) is 0 Å². The summed E-state index contributed by atoms with van der Waals surface area (Å²) in [6, 6.07) is 0.617. The van der Waals surface area contributed by atoms with Crippen molar-refractivity contribution in [2.24, 2.45) is 10.9 Å². The zero-order valence-electron chi connectivity index (χ0n) is 15.3. The predicted octanol–water partition coefficient (Wildman–Crippen LogP) is 2.04. The molecule has 0 aromatic carbocycles. The Labute approximate surface area is 137 Å². The van der Waals surface area contributed by atoms with Gasteiger partial charge in [-0.3, -0.25) is 4.99 Å². The second-order valence-electron chi connectivity index (χ2n) is 6.41. The molecule has 1 fully saturated rings. The minimum absolute atomic E-state index is 0.617. The molecule has 0 bridgehead atoms. The third-order valence-electron chi connectivity index (χ3n) is 4.38. The molecule has 0 amide bonds. The van der Waals surface area contributed by atoms with Crippen LogP contribution in [0.2, 0.25) is 0 Å². The van der Waals surface area contributed by atoms with E-state index in [-0.39, 0.29) is 0 Å². The lowest BCUT2D eigenvalue weighted by molar-refractivity contribution is 0.115. The van der Waals surface area contributed by atoms with Gasteiger partial charge in [0.25, 0.3) is 0 Å². The van der Waals surface area contributed by atoms with E-state index in [1.165, 1.54) is 19.3 Å². The molecule has 0 radical (unpaired) electrons. The van der Waals surface area contributed by atoms with E-state index in [0.717, 1.165) is 51.3 Å². The Morgan fingerprint density at radius 1 is 1.27 bits per heavy atom. The maximum absolute atomic E-state index is 5.71. The summed E-state index contributed by atoms with van der Waals surface area (Å²) >= 11 is 0. The molecule has 130 valence electrons. The molecule has 1 saturated carbocycles. The van der Waals surface area contributed by atoms with Crippen LogP contribution in [0.25, 0.3) is 0 Å². The Kier molecular flexibility index (Phi) is 9.48. The highest BCUT2D eigenvalue weighted by Gasteiger charge is 2.21. The van der Waals surface area contributed by atoms with Gasteiger partial charge >= 0.3 is 0 Å². The van der Waals surface area contributed by atoms with E-state index < -0.39 is 0 Å². The zero-order valence-corrected chi connectivity index (χ0v) is 15.3. The maximum atomic E-state index is 5.71. The van der Waals surface area contributed by atoms with Crippen molar-refractivity contribution in [2.75, 3.05) is 53.5 Å². The lowest BCUT2D eigenvalue weighted by Crippen LogP contribution is -2.41. The number of nitrogens with one attached hydrogen (secondary N) is 1. The number of rotatable bonds is 11. The number of likely N-dealkylation sites (N-methyl/N-ethyl adjacent to an activating group) is 2. The van der Waals surface area contributed by atoms with Crippen LogP contribution < -0.4 is 5.32 Å². The van der Waals surface area contributed by atoms with Crippen molar-refractivity contribution in [2.45, 2.75) is 46.1 Å². The van der Waals surface area contributed by atoms with Crippen molar-refractivity contribution in [3.8, 4) is 0 Å². The molecular formula is C17H36N4O. The Morgan fingerprint density at radius 2 is 2.00 bits per heavy atom. The van der Waals surface area contributed by atoms with Gasteiger partial charge in [-0.1, -0.05) is 6.92 Å². The van der Waals surface area contributed by atoms with E-state index in [1.807, 2.05) is 0 Å². The summed E-state index contributed by atoms with van der Waals surface area (Å²) in [6.07, 6.45) is 3.88. The predicted molar refractivity (Wildman–Crippen MR) is 94.5 cm³/mol. The highest BCUT2D eigenvalue weighted by molar-refractivity contribution is 5.79. The molecule has 0 aromatic rings. The van der Waals surface area contributed by atoms with Crippen molar-refractivity contribution in [3.05, 3.63) is 0 Å². The Hall–Kier alpha value is -0.810. The largest absolute Gasteiger partial charge is 0.379 e. The molecule has 0 spiro atoms. The summed E-state index contributed by atoms with van der Waals surface area (Å²) in [6.45, 7) is 11.9. The lowest BCUT2D eigenvalue weighted by atomic mass is 10.2. The van der Waals surface area contributed by atoms with Crippen LogP contribution in [-0.4, -0.2) is 75.3 Å². The summed E-state index contributed by atoms with van der Waals surface area (Å²) in [7, 11) is 4.26. The van der Waals surface area contributed by atoms with Gasteiger partial charge in [-0.2, -0.15) is 0 Å².